The highest BCUT2D eigenvalue weighted by atomic mass is 19.4. The molecule has 0 aliphatic heterocycles. The molecule has 0 radical (unpaired) electrons. The largest absolute Gasteiger partial charge is 0.493 e. The van der Waals surface area contributed by atoms with Crippen molar-refractivity contribution < 1.29 is 27.4 Å². The third-order valence-electron chi connectivity index (χ3n) is 4.57. The normalized spacial score (nSPS) is 18.8. The summed E-state index contributed by atoms with van der Waals surface area (Å²) in [4.78, 5) is 12.2. The predicted molar refractivity (Wildman–Crippen MR) is 97.6 cm³/mol. The van der Waals surface area contributed by atoms with Gasteiger partial charge in [-0.2, -0.15) is 18.3 Å². The molecule has 2 aromatic carbocycles. The fourth-order valence-electron chi connectivity index (χ4n) is 2.99. The smallest absolute Gasteiger partial charge is 0.416 e. The summed E-state index contributed by atoms with van der Waals surface area (Å²) in [6, 6.07) is 10.3. The summed E-state index contributed by atoms with van der Waals surface area (Å²) >= 11 is 0. The second-order valence-corrected chi connectivity index (χ2v) is 6.42. The van der Waals surface area contributed by atoms with Crippen molar-refractivity contribution in [3.63, 3.8) is 0 Å². The Labute approximate surface area is 160 Å². The number of hydrogen-bond acceptors (Lipinski definition) is 4. The number of carbonyl (C=O) groups excluding carboxylic acids is 1. The van der Waals surface area contributed by atoms with Crippen molar-refractivity contribution in [2.24, 2.45) is 11.0 Å². The summed E-state index contributed by atoms with van der Waals surface area (Å²) in [6.07, 6.45) is -2.44. The van der Waals surface area contributed by atoms with Gasteiger partial charge in [0, 0.05) is 5.92 Å². The Morgan fingerprint density at radius 3 is 2.57 bits per heavy atom. The van der Waals surface area contributed by atoms with Crippen LogP contribution < -0.4 is 14.9 Å². The second-order valence-electron chi connectivity index (χ2n) is 6.42. The van der Waals surface area contributed by atoms with Crippen LogP contribution in [0, 0.1) is 5.92 Å². The number of methoxy groups -OCH3 is 2. The molecular weight excluding hydrogens is 373 g/mol. The first-order valence-electron chi connectivity index (χ1n) is 8.55. The van der Waals surface area contributed by atoms with Gasteiger partial charge >= 0.3 is 6.18 Å². The zero-order valence-corrected chi connectivity index (χ0v) is 15.3. The maximum Gasteiger partial charge on any atom is 0.416 e. The van der Waals surface area contributed by atoms with E-state index in [1.807, 2.05) is 0 Å². The molecule has 3 rings (SSSR count). The lowest BCUT2D eigenvalue weighted by molar-refractivity contribution is -0.137. The van der Waals surface area contributed by atoms with Gasteiger partial charge in [-0.05, 0) is 47.7 Å². The van der Waals surface area contributed by atoms with Gasteiger partial charge in [0.15, 0.2) is 11.5 Å². The average Bonchev–Trinajstić information content (AvgIpc) is 3.48. The number of carbonyl (C=O) groups is 1. The molecule has 0 heterocycles. The zero-order chi connectivity index (χ0) is 20.3. The van der Waals surface area contributed by atoms with E-state index in [-0.39, 0.29) is 17.7 Å². The predicted octanol–water partition coefficient (Wildman–Crippen LogP) is 3.98. The number of alkyl halides is 3. The maximum atomic E-state index is 12.8. The molecule has 1 N–H and O–H groups in total. The third-order valence-corrected chi connectivity index (χ3v) is 4.57. The molecule has 1 saturated carbocycles. The van der Waals surface area contributed by atoms with Crippen molar-refractivity contribution in [3.05, 3.63) is 59.2 Å². The van der Waals surface area contributed by atoms with Crippen LogP contribution in [0.4, 0.5) is 13.2 Å². The number of nitrogens with one attached hydrogen (secondary N) is 1. The van der Waals surface area contributed by atoms with E-state index in [0.717, 1.165) is 12.1 Å². The van der Waals surface area contributed by atoms with Crippen LogP contribution in [-0.4, -0.2) is 26.3 Å². The van der Waals surface area contributed by atoms with Crippen molar-refractivity contribution >= 4 is 12.1 Å². The molecule has 148 valence electrons. The Kier molecular flexibility index (Phi) is 5.58. The fraction of sp³-hybridized carbons (Fsp3) is 0.300. The Balaban J connectivity index is 1.59. The summed E-state index contributed by atoms with van der Waals surface area (Å²) in [6.45, 7) is 0. The number of hydrazone groups is 1. The molecule has 0 saturated heterocycles. The standard InChI is InChI=1S/C20H19F3N2O3/c1-27-17-7-6-12(8-18(17)28-2)11-24-25-19(26)16-10-15(16)13-4-3-5-14(9-13)20(21,22)23/h3-9,11,15-16H,10H2,1-2H3,(H,25,26). The molecule has 1 aliphatic rings. The van der Waals surface area contributed by atoms with Gasteiger partial charge in [0.1, 0.15) is 0 Å². The molecular formula is C20H19F3N2O3. The van der Waals surface area contributed by atoms with Crippen LogP contribution in [0.2, 0.25) is 0 Å². The van der Waals surface area contributed by atoms with Gasteiger partial charge in [0.05, 0.1) is 26.0 Å². The van der Waals surface area contributed by atoms with E-state index in [1.54, 1.807) is 24.3 Å². The number of nitrogens with zero attached hydrogens (tertiary/aromatic N) is 1. The van der Waals surface area contributed by atoms with Crippen LogP contribution in [0.3, 0.4) is 0 Å². The molecule has 5 nitrogen and oxygen atoms in total. The summed E-state index contributed by atoms with van der Waals surface area (Å²) in [5, 5.41) is 3.92. The van der Waals surface area contributed by atoms with Crippen LogP contribution in [0.1, 0.15) is 29.0 Å². The highest BCUT2D eigenvalue weighted by Gasteiger charge is 2.44. The number of ether oxygens (including phenoxy) is 2. The molecule has 2 aromatic rings. The lowest BCUT2D eigenvalue weighted by Gasteiger charge is -2.08. The molecule has 1 fully saturated rings. The van der Waals surface area contributed by atoms with Gasteiger partial charge < -0.3 is 9.47 Å². The molecule has 28 heavy (non-hydrogen) atoms. The Bertz CT molecular complexity index is 897. The number of benzene rings is 2. The van der Waals surface area contributed by atoms with E-state index in [0.29, 0.717) is 29.0 Å². The highest BCUT2D eigenvalue weighted by Crippen LogP contribution is 2.48. The van der Waals surface area contributed by atoms with Crippen LogP contribution in [0.25, 0.3) is 0 Å². The fourth-order valence-corrected chi connectivity index (χ4v) is 2.99. The minimum Gasteiger partial charge on any atom is -0.493 e. The number of halogens is 3. The van der Waals surface area contributed by atoms with E-state index < -0.39 is 11.7 Å². The third kappa shape index (κ3) is 4.44. The first-order chi connectivity index (χ1) is 13.3. The monoisotopic (exact) mass is 392 g/mol. The molecule has 2 atom stereocenters. The summed E-state index contributed by atoms with van der Waals surface area (Å²) in [5.74, 6) is 0.180. The van der Waals surface area contributed by atoms with Crippen molar-refractivity contribution in [2.75, 3.05) is 14.2 Å². The number of rotatable bonds is 6. The molecule has 0 bridgehead atoms. The minimum absolute atomic E-state index is 0.224. The van der Waals surface area contributed by atoms with Crippen molar-refractivity contribution in [3.8, 4) is 11.5 Å². The first-order valence-corrected chi connectivity index (χ1v) is 8.55. The van der Waals surface area contributed by atoms with E-state index >= 15 is 0 Å². The molecule has 1 amide bonds. The van der Waals surface area contributed by atoms with Gasteiger partial charge in [-0.3, -0.25) is 4.79 Å². The topological polar surface area (TPSA) is 59.9 Å². The van der Waals surface area contributed by atoms with Crippen molar-refractivity contribution in [2.45, 2.75) is 18.5 Å². The summed E-state index contributed by atoms with van der Waals surface area (Å²) in [5.41, 5.74) is 2.94. The summed E-state index contributed by atoms with van der Waals surface area (Å²) < 4.78 is 48.8. The molecule has 0 spiro atoms. The summed E-state index contributed by atoms with van der Waals surface area (Å²) in [7, 11) is 3.05. The van der Waals surface area contributed by atoms with E-state index in [4.69, 9.17) is 9.47 Å². The van der Waals surface area contributed by atoms with Crippen LogP contribution >= 0.6 is 0 Å². The first kappa shape index (κ1) is 19.7. The molecule has 8 heteroatoms. The van der Waals surface area contributed by atoms with Crippen LogP contribution in [0.5, 0.6) is 11.5 Å². The van der Waals surface area contributed by atoms with Gasteiger partial charge in [0.25, 0.3) is 0 Å². The Morgan fingerprint density at radius 2 is 1.89 bits per heavy atom. The quantitative estimate of drug-likeness (QED) is 0.598. The Morgan fingerprint density at radius 1 is 1.14 bits per heavy atom. The lowest BCUT2D eigenvalue weighted by Crippen LogP contribution is -2.20. The highest BCUT2D eigenvalue weighted by molar-refractivity contribution is 5.86. The van der Waals surface area contributed by atoms with Crippen LogP contribution in [0.15, 0.2) is 47.6 Å². The van der Waals surface area contributed by atoms with E-state index in [9.17, 15) is 18.0 Å². The van der Waals surface area contributed by atoms with Crippen LogP contribution in [-0.2, 0) is 11.0 Å². The number of amides is 1. The average molecular weight is 392 g/mol. The SMILES string of the molecule is COc1ccc(C=NNC(=O)C2CC2c2cccc(C(F)(F)F)c2)cc1OC. The van der Waals surface area contributed by atoms with Gasteiger partial charge in [0.2, 0.25) is 5.91 Å². The molecule has 1 aliphatic carbocycles. The lowest BCUT2D eigenvalue weighted by atomic mass is 10.1. The minimum atomic E-state index is -4.40. The second kappa shape index (κ2) is 7.92. The van der Waals surface area contributed by atoms with Crippen molar-refractivity contribution in [1.29, 1.82) is 0 Å². The Hall–Kier alpha value is -3.03. The van der Waals surface area contributed by atoms with Crippen molar-refractivity contribution in [1.82, 2.24) is 5.43 Å². The molecule has 0 aromatic heterocycles. The van der Waals surface area contributed by atoms with Gasteiger partial charge in [-0.1, -0.05) is 18.2 Å². The molecule has 2 unspecified atom stereocenters. The van der Waals surface area contributed by atoms with E-state index in [1.165, 1.54) is 26.5 Å². The number of hydrogen-bond donors (Lipinski definition) is 1. The maximum absolute atomic E-state index is 12.8. The van der Waals surface area contributed by atoms with E-state index in [2.05, 4.69) is 10.5 Å². The van der Waals surface area contributed by atoms with Gasteiger partial charge in [-0.25, -0.2) is 5.43 Å². The zero-order valence-electron chi connectivity index (χ0n) is 15.3. The van der Waals surface area contributed by atoms with Gasteiger partial charge in [-0.15, -0.1) is 0 Å².